The van der Waals surface area contributed by atoms with Gasteiger partial charge in [0, 0.05) is 17.4 Å². The second kappa shape index (κ2) is 5.70. The van der Waals surface area contributed by atoms with Crippen molar-refractivity contribution in [2.75, 3.05) is 0 Å². The van der Waals surface area contributed by atoms with Crippen molar-refractivity contribution in [2.24, 2.45) is 5.92 Å². The molecule has 0 amide bonds. The third-order valence-electron chi connectivity index (χ3n) is 4.27. The van der Waals surface area contributed by atoms with Crippen molar-refractivity contribution in [3.05, 3.63) is 71.1 Å². The van der Waals surface area contributed by atoms with E-state index in [9.17, 15) is 4.79 Å². The second-order valence-corrected chi connectivity index (χ2v) is 6.22. The summed E-state index contributed by atoms with van der Waals surface area (Å²) in [4.78, 5) is 16.5. The molecule has 0 bridgehead atoms. The molecule has 0 N–H and O–H groups in total. The van der Waals surface area contributed by atoms with E-state index in [1.807, 2.05) is 53.1 Å². The van der Waals surface area contributed by atoms with Crippen LogP contribution in [0, 0.1) is 5.92 Å². The van der Waals surface area contributed by atoms with E-state index in [4.69, 9.17) is 16.3 Å². The van der Waals surface area contributed by atoms with Crippen LogP contribution in [0.3, 0.4) is 0 Å². The van der Waals surface area contributed by atoms with Gasteiger partial charge in [0.05, 0.1) is 11.6 Å². The minimum absolute atomic E-state index is 0.0434. The first-order valence-corrected chi connectivity index (χ1v) is 7.93. The molecule has 1 fully saturated rings. The zero-order valence-corrected chi connectivity index (χ0v) is 13.1. The third-order valence-corrected chi connectivity index (χ3v) is 4.52. The molecule has 1 saturated carbocycles. The molecule has 4 rings (SSSR count). The molecule has 2 atom stereocenters. The van der Waals surface area contributed by atoms with Gasteiger partial charge in [-0.25, -0.2) is 4.98 Å². The number of nitrogens with zero attached hydrogens (tertiary/aromatic N) is 2. The first-order valence-electron chi connectivity index (χ1n) is 7.55. The molecular formula is C18H15ClN2O2. The van der Waals surface area contributed by atoms with Crippen LogP contribution in [-0.2, 0) is 16.1 Å². The fourth-order valence-corrected chi connectivity index (χ4v) is 3.04. The highest BCUT2D eigenvalue weighted by Gasteiger charge is 2.45. The summed E-state index contributed by atoms with van der Waals surface area (Å²) in [5.74, 6) is 0.0732. The van der Waals surface area contributed by atoms with Gasteiger partial charge < -0.3 is 9.14 Å². The summed E-state index contributed by atoms with van der Waals surface area (Å²) in [5.41, 5.74) is 2.91. The number of ether oxygens (including phenoxy) is 1. The van der Waals surface area contributed by atoms with E-state index in [1.165, 1.54) is 0 Å². The summed E-state index contributed by atoms with van der Waals surface area (Å²) in [6, 6.07) is 13.4. The van der Waals surface area contributed by atoms with Crippen molar-refractivity contribution in [1.82, 2.24) is 9.38 Å². The lowest BCUT2D eigenvalue weighted by Crippen LogP contribution is -2.09. The third kappa shape index (κ3) is 2.82. The highest BCUT2D eigenvalue weighted by molar-refractivity contribution is 6.30. The largest absolute Gasteiger partial charge is 0.459 e. The van der Waals surface area contributed by atoms with Crippen molar-refractivity contribution in [1.29, 1.82) is 0 Å². The van der Waals surface area contributed by atoms with E-state index in [-0.39, 0.29) is 24.4 Å². The van der Waals surface area contributed by atoms with E-state index in [0.717, 1.165) is 23.3 Å². The molecule has 0 saturated heterocycles. The fraction of sp³-hybridized carbons (Fsp3) is 0.222. The van der Waals surface area contributed by atoms with Gasteiger partial charge in [-0.15, -0.1) is 0 Å². The average Bonchev–Trinajstić information content (AvgIpc) is 3.22. The van der Waals surface area contributed by atoms with Gasteiger partial charge in [-0.1, -0.05) is 29.8 Å². The number of pyridine rings is 1. The van der Waals surface area contributed by atoms with Gasteiger partial charge in [0.2, 0.25) is 0 Å². The van der Waals surface area contributed by atoms with Crippen molar-refractivity contribution in [2.45, 2.75) is 18.9 Å². The molecule has 0 spiro atoms. The second-order valence-electron chi connectivity index (χ2n) is 5.78. The smallest absolute Gasteiger partial charge is 0.309 e. The van der Waals surface area contributed by atoms with Crippen molar-refractivity contribution in [3.8, 4) is 0 Å². The number of imidazole rings is 1. The van der Waals surface area contributed by atoms with Gasteiger partial charge in [0.25, 0.3) is 0 Å². The van der Waals surface area contributed by atoms with Crippen LogP contribution in [0.5, 0.6) is 0 Å². The Balaban J connectivity index is 1.40. The standard InChI is InChI=1S/C18H15ClN2O2/c19-13-6-4-12(5-7-13)15-10-16(15)18(22)23-11-14-2-1-3-17-20-8-9-21(14)17/h1-9,15-16H,10-11H2/t15-,16-/m1/s1. The number of hydrogen-bond acceptors (Lipinski definition) is 3. The average molecular weight is 327 g/mol. The minimum Gasteiger partial charge on any atom is -0.459 e. The lowest BCUT2D eigenvalue weighted by Gasteiger charge is -2.07. The number of benzene rings is 1. The predicted octanol–water partition coefficient (Wildman–Crippen LogP) is 3.83. The molecule has 116 valence electrons. The lowest BCUT2D eigenvalue weighted by molar-refractivity contribution is -0.146. The van der Waals surface area contributed by atoms with Crippen molar-refractivity contribution >= 4 is 23.2 Å². The Morgan fingerprint density at radius 2 is 2.09 bits per heavy atom. The summed E-state index contributed by atoms with van der Waals surface area (Å²) >= 11 is 5.89. The fourth-order valence-electron chi connectivity index (χ4n) is 2.91. The zero-order chi connectivity index (χ0) is 15.8. The van der Waals surface area contributed by atoms with E-state index in [2.05, 4.69) is 4.98 Å². The lowest BCUT2D eigenvalue weighted by atomic mass is 10.1. The number of halogens is 1. The molecule has 2 aromatic heterocycles. The Kier molecular flexibility index (Phi) is 3.54. The molecule has 5 heteroatoms. The topological polar surface area (TPSA) is 43.6 Å². The van der Waals surface area contributed by atoms with Gasteiger partial charge in [-0.2, -0.15) is 0 Å². The highest BCUT2D eigenvalue weighted by atomic mass is 35.5. The van der Waals surface area contributed by atoms with Crippen LogP contribution in [-0.4, -0.2) is 15.4 Å². The van der Waals surface area contributed by atoms with Gasteiger partial charge in [0.15, 0.2) is 0 Å². The molecular weight excluding hydrogens is 312 g/mol. The normalized spacial score (nSPS) is 19.7. The van der Waals surface area contributed by atoms with Gasteiger partial charge >= 0.3 is 5.97 Å². The molecule has 0 aliphatic heterocycles. The number of hydrogen-bond donors (Lipinski definition) is 0. The van der Waals surface area contributed by atoms with E-state index in [1.54, 1.807) is 6.20 Å². The number of fused-ring (bicyclic) bond motifs is 1. The SMILES string of the molecule is O=C(OCc1cccc2nccn12)[C@@H]1C[C@@H]1c1ccc(Cl)cc1. The van der Waals surface area contributed by atoms with Crippen LogP contribution in [0.25, 0.3) is 5.65 Å². The molecule has 0 radical (unpaired) electrons. The Morgan fingerprint density at radius 1 is 1.26 bits per heavy atom. The first-order chi connectivity index (χ1) is 11.2. The van der Waals surface area contributed by atoms with Crippen LogP contribution >= 0.6 is 11.6 Å². The van der Waals surface area contributed by atoms with Gasteiger partial charge in [-0.3, -0.25) is 4.79 Å². The number of aromatic nitrogens is 2. The molecule has 1 aliphatic rings. The quantitative estimate of drug-likeness (QED) is 0.684. The number of carbonyl (C=O) groups excluding carboxylic acids is 1. The summed E-state index contributed by atoms with van der Waals surface area (Å²) < 4.78 is 7.42. The monoisotopic (exact) mass is 326 g/mol. The Bertz CT molecular complexity index is 857. The predicted molar refractivity (Wildman–Crippen MR) is 87.3 cm³/mol. The molecule has 0 unspecified atom stereocenters. The van der Waals surface area contributed by atoms with Crippen LogP contribution in [0.15, 0.2) is 54.9 Å². The summed E-state index contributed by atoms with van der Waals surface area (Å²) in [7, 11) is 0. The number of rotatable bonds is 4. The van der Waals surface area contributed by atoms with Crippen LogP contribution in [0.2, 0.25) is 5.02 Å². The van der Waals surface area contributed by atoms with Crippen molar-refractivity contribution < 1.29 is 9.53 Å². The summed E-state index contributed by atoms with van der Waals surface area (Å²) in [6.45, 7) is 0.260. The molecule has 4 nitrogen and oxygen atoms in total. The maximum absolute atomic E-state index is 12.2. The van der Waals surface area contributed by atoms with Crippen molar-refractivity contribution in [3.63, 3.8) is 0 Å². The van der Waals surface area contributed by atoms with Gasteiger partial charge in [0.1, 0.15) is 12.3 Å². The van der Waals surface area contributed by atoms with Gasteiger partial charge in [-0.05, 0) is 42.2 Å². The van der Waals surface area contributed by atoms with E-state index in [0.29, 0.717) is 5.02 Å². The van der Waals surface area contributed by atoms with E-state index >= 15 is 0 Å². The van der Waals surface area contributed by atoms with Crippen LogP contribution in [0.4, 0.5) is 0 Å². The number of carbonyl (C=O) groups is 1. The number of esters is 1. The maximum atomic E-state index is 12.2. The Hall–Kier alpha value is -2.33. The molecule has 1 aliphatic carbocycles. The van der Waals surface area contributed by atoms with Crippen LogP contribution < -0.4 is 0 Å². The molecule has 2 heterocycles. The summed E-state index contributed by atoms with van der Waals surface area (Å²) in [5, 5.41) is 0.710. The van der Waals surface area contributed by atoms with Crippen LogP contribution in [0.1, 0.15) is 23.6 Å². The Morgan fingerprint density at radius 3 is 2.91 bits per heavy atom. The summed E-state index contributed by atoms with van der Waals surface area (Å²) in [6.07, 6.45) is 4.44. The Labute approximate surface area is 138 Å². The zero-order valence-electron chi connectivity index (χ0n) is 12.4. The maximum Gasteiger partial charge on any atom is 0.309 e. The molecule has 3 aromatic rings. The van der Waals surface area contributed by atoms with E-state index < -0.39 is 0 Å². The molecule has 1 aromatic carbocycles. The highest BCUT2D eigenvalue weighted by Crippen LogP contribution is 2.48. The molecule has 23 heavy (non-hydrogen) atoms. The first kappa shape index (κ1) is 14.3. The minimum atomic E-state index is -0.137.